The molecule has 3 nitrogen and oxygen atoms in total. The largest absolute Gasteiger partial charge is 0.466 e. The topological polar surface area (TPSA) is 43.4 Å². The van der Waals surface area contributed by atoms with E-state index < -0.39 is 5.97 Å². The van der Waals surface area contributed by atoms with E-state index in [-0.39, 0.29) is 12.2 Å². The lowest BCUT2D eigenvalue weighted by molar-refractivity contribution is -0.145. The normalized spacial score (nSPS) is 10.5. The summed E-state index contributed by atoms with van der Waals surface area (Å²) in [7, 11) is 0. The monoisotopic (exact) mass is 228 g/mol. The lowest BCUT2D eigenvalue weighted by Gasteiger charge is -2.04. The van der Waals surface area contributed by atoms with Crippen LogP contribution in [-0.4, -0.2) is 18.4 Å². The van der Waals surface area contributed by atoms with Crippen LogP contribution in [0.25, 0.3) is 0 Å². The Morgan fingerprint density at radius 1 is 1.12 bits per heavy atom. The summed E-state index contributed by atoms with van der Waals surface area (Å²) in [5.74, 6) is 0.341. The van der Waals surface area contributed by atoms with E-state index in [4.69, 9.17) is 4.74 Å². The molecule has 0 N–H and O–H groups in total. The van der Waals surface area contributed by atoms with Gasteiger partial charge in [0.25, 0.3) is 0 Å². The first kappa shape index (κ1) is 15.1. The second-order valence-electron chi connectivity index (χ2n) is 4.51. The molecule has 3 heteroatoms. The van der Waals surface area contributed by atoms with Gasteiger partial charge < -0.3 is 4.74 Å². The highest BCUT2D eigenvalue weighted by Crippen LogP contribution is 2.10. The molecule has 0 bridgehead atoms. The molecular weight excluding hydrogens is 204 g/mol. The van der Waals surface area contributed by atoms with Crippen LogP contribution in [0.1, 0.15) is 59.3 Å². The minimum Gasteiger partial charge on any atom is -0.466 e. The number of carbonyl (C=O) groups excluding carboxylic acids is 2. The number of ketones is 1. The van der Waals surface area contributed by atoms with E-state index >= 15 is 0 Å². The summed E-state index contributed by atoms with van der Waals surface area (Å²) in [6, 6.07) is 0. The highest BCUT2D eigenvalue weighted by Gasteiger charge is 2.09. The molecule has 0 saturated carbocycles. The Kier molecular flexibility index (Phi) is 8.87. The van der Waals surface area contributed by atoms with E-state index in [1.165, 1.54) is 12.8 Å². The van der Waals surface area contributed by atoms with Crippen molar-refractivity contribution >= 4 is 11.8 Å². The highest BCUT2D eigenvalue weighted by atomic mass is 16.5. The molecule has 0 spiro atoms. The predicted molar refractivity (Wildman–Crippen MR) is 64.2 cm³/mol. The van der Waals surface area contributed by atoms with Crippen molar-refractivity contribution in [3.63, 3.8) is 0 Å². The smallest absolute Gasteiger partial charge is 0.313 e. The van der Waals surface area contributed by atoms with Gasteiger partial charge in [-0.2, -0.15) is 0 Å². The molecule has 0 saturated heterocycles. The molecule has 94 valence electrons. The van der Waals surface area contributed by atoms with Gasteiger partial charge in [0, 0.05) is 6.42 Å². The second-order valence-corrected chi connectivity index (χ2v) is 4.51. The fourth-order valence-corrected chi connectivity index (χ4v) is 1.51. The van der Waals surface area contributed by atoms with Gasteiger partial charge in [-0.25, -0.2) is 0 Å². The maximum Gasteiger partial charge on any atom is 0.313 e. The van der Waals surface area contributed by atoms with Crippen molar-refractivity contribution in [1.82, 2.24) is 0 Å². The van der Waals surface area contributed by atoms with Crippen molar-refractivity contribution in [1.29, 1.82) is 0 Å². The first-order chi connectivity index (χ1) is 7.56. The average molecular weight is 228 g/mol. The van der Waals surface area contributed by atoms with E-state index in [1.807, 2.05) is 0 Å². The molecule has 0 aromatic heterocycles. The molecule has 0 unspecified atom stereocenters. The third-order valence-corrected chi connectivity index (χ3v) is 2.38. The zero-order valence-electron chi connectivity index (χ0n) is 10.8. The van der Waals surface area contributed by atoms with E-state index in [2.05, 4.69) is 13.8 Å². The van der Waals surface area contributed by atoms with E-state index in [0.29, 0.717) is 13.0 Å². The van der Waals surface area contributed by atoms with Crippen molar-refractivity contribution in [2.75, 3.05) is 6.61 Å². The summed E-state index contributed by atoms with van der Waals surface area (Å²) in [5.41, 5.74) is 0. The van der Waals surface area contributed by atoms with Crippen LogP contribution in [-0.2, 0) is 14.3 Å². The maximum atomic E-state index is 11.3. The van der Waals surface area contributed by atoms with Gasteiger partial charge in [-0.15, -0.1) is 0 Å². The predicted octanol–water partition coefficient (Wildman–Crippen LogP) is 3.12. The van der Waals surface area contributed by atoms with E-state index in [1.54, 1.807) is 6.92 Å². The lowest BCUT2D eigenvalue weighted by atomic mass is 10.0. The maximum absolute atomic E-state index is 11.3. The summed E-state index contributed by atoms with van der Waals surface area (Å²) in [5, 5.41) is 0. The number of esters is 1. The van der Waals surface area contributed by atoms with Gasteiger partial charge in [0.2, 0.25) is 0 Å². The van der Waals surface area contributed by atoms with Gasteiger partial charge in [-0.1, -0.05) is 33.1 Å². The minimum absolute atomic E-state index is 0.00277. The zero-order chi connectivity index (χ0) is 12.4. The SMILES string of the molecule is CCOC(=O)CC(=O)CCCCCC(C)C. The van der Waals surface area contributed by atoms with Crippen molar-refractivity contribution in [2.45, 2.75) is 59.3 Å². The quantitative estimate of drug-likeness (QED) is 0.346. The van der Waals surface area contributed by atoms with Crippen LogP contribution in [0, 0.1) is 5.92 Å². The molecule has 0 aliphatic carbocycles. The number of hydrogen-bond acceptors (Lipinski definition) is 3. The van der Waals surface area contributed by atoms with Crippen LogP contribution in [0.3, 0.4) is 0 Å². The Labute approximate surface area is 98.6 Å². The van der Waals surface area contributed by atoms with Crippen molar-refractivity contribution in [3.05, 3.63) is 0 Å². The molecule has 0 rings (SSSR count). The summed E-state index contributed by atoms with van der Waals surface area (Å²) in [6.45, 7) is 6.49. The average Bonchev–Trinajstić information content (AvgIpc) is 2.16. The number of Topliss-reactive ketones (excluding diaryl/α,β-unsaturated/α-hetero) is 1. The van der Waals surface area contributed by atoms with Crippen molar-refractivity contribution in [3.8, 4) is 0 Å². The molecule has 0 fully saturated rings. The minimum atomic E-state index is -0.394. The van der Waals surface area contributed by atoms with Crippen LogP contribution in [0.15, 0.2) is 0 Å². The fourth-order valence-electron chi connectivity index (χ4n) is 1.51. The molecule has 0 radical (unpaired) electrons. The van der Waals surface area contributed by atoms with Crippen LogP contribution in [0.4, 0.5) is 0 Å². The van der Waals surface area contributed by atoms with Crippen LogP contribution in [0.5, 0.6) is 0 Å². The van der Waals surface area contributed by atoms with Crippen LogP contribution >= 0.6 is 0 Å². The van der Waals surface area contributed by atoms with Crippen LogP contribution < -0.4 is 0 Å². The van der Waals surface area contributed by atoms with Crippen molar-refractivity contribution < 1.29 is 14.3 Å². The Morgan fingerprint density at radius 2 is 1.81 bits per heavy atom. The first-order valence-corrected chi connectivity index (χ1v) is 6.23. The Morgan fingerprint density at radius 3 is 2.38 bits per heavy atom. The Hall–Kier alpha value is -0.860. The molecule has 0 aromatic carbocycles. The number of carbonyl (C=O) groups is 2. The Balaban J connectivity index is 3.40. The summed E-state index contributed by atoms with van der Waals surface area (Å²) in [6.07, 6.45) is 4.81. The molecule has 0 amide bonds. The summed E-state index contributed by atoms with van der Waals surface area (Å²) >= 11 is 0. The molecule has 0 atom stereocenters. The van der Waals surface area contributed by atoms with Gasteiger partial charge >= 0.3 is 5.97 Å². The number of hydrogen-bond donors (Lipinski definition) is 0. The van der Waals surface area contributed by atoms with Gasteiger partial charge in [0.15, 0.2) is 0 Å². The molecular formula is C13H24O3. The summed E-state index contributed by atoms with van der Waals surface area (Å²) < 4.78 is 4.71. The third kappa shape index (κ3) is 9.69. The summed E-state index contributed by atoms with van der Waals surface area (Å²) in [4.78, 5) is 22.3. The molecule has 0 aromatic rings. The third-order valence-electron chi connectivity index (χ3n) is 2.38. The second kappa shape index (κ2) is 9.37. The molecule has 0 aliphatic heterocycles. The van der Waals surface area contributed by atoms with Gasteiger partial charge in [-0.3, -0.25) is 9.59 Å². The first-order valence-electron chi connectivity index (χ1n) is 6.23. The molecule has 0 aliphatic rings. The molecule has 16 heavy (non-hydrogen) atoms. The highest BCUT2D eigenvalue weighted by molar-refractivity contribution is 5.95. The van der Waals surface area contributed by atoms with Gasteiger partial charge in [0.05, 0.1) is 6.61 Å². The Bertz CT molecular complexity index is 209. The zero-order valence-corrected chi connectivity index (χ0v) is 10.8. The van der Waals surface area contributed by atoms with E-state index in [0.717, 1.165) is 18.8 Å². The number of ether oxygens (including phenoxy) is 1. The van der Waals surface area contributed by atoms with Gasteiger partial charge in [-0.05, 0) is 19.3 Å². The molecule has 0 heterocycles. The van der Waals surface area contributed by atoms with E-state index in [9.17, 15) is 9.59 Å². The van der Waals surface area contributed by atoms with Crippen molar-refractivity contribution in [2.24, 2.45) is 5.92 Å². The van der Waals surface area contributed by atoms with Gasteiger partial charge in [0.1, 0.15) is 12.2 Å². The standard InChI is InChI=1S/C13H24O3/c1-4-16-13(15)10-12(14)9-7-5-6-8-11(2)3/h11H,4-10H2,1-3H3. The number of rotatable bonds is 9. The lowest BCUT2D eigenvalue weighted by Crippen LogP contribution is -2.10. The fraction of sp³-hybridized carbons (Fsp3) is 0.846. The number of unbranched alkanes of at least 4 members (excludes halogenated alkanes) is 2. The van der Waals surface area contributed by atoms with Crippen LogP contribution in [0.2, 0.25) is 0 Å².